The van der Waals surface area contributed by atoms with E-state index in [1.54, 1.807) is 6.92 Å². The second-order valence-electron chi connectivity index (χ2n) is 11.4. The van der Waals surface area contributed by atoms with E-state index in [1.807, 2.05) is 27.7 Å². The Bertz CT molecular complexity index is 1020. The van der Waals surface area contributed by atoms with E-state index in [-0.39, 0.29) is 31.2 Å². The highest BCUT2D eigenvalue weighted by Gasteiger charge is 2.42. The van der Waals surface area contributed by atoms with Crippen molar-refractivity contribution >= 4 is 35.5 Å². The van der Waals surface area contributed by atoms with Gasteiger partial charge in [0.1, 0.15) is 24.2 Å². The minimum Gasteiger partial charge on any atom is -0.452 e. The van der Waals surface area contributed by atoms with Crippen LogP contribution in [-0.2, 0) is 33.5 Å². The zero-order valence-corrected chi connectivity index (χ0v) is 25.5. The van der Waals surface area contributed by atoms with Gasteiger partial charge in [-0.1, -0.05) is 40.2 Å². The number of nitrogens with zero attached hydrogens (tertiary/aromatic N) is 3. The molecule has 0 aliphatic carbocycles. The molecule has 2 N–H and O–H groups in total. The summed E-state index contributed by atoms with van der Waals surface area (Å²) in [5, 5.41) is 5.51. The average molecular weight is 578 g/mol. The summed E-state index contributed by atoms with van der Waals surface area (Å²) >= 11 is 0. The number of nitrogens with one attached hydrogen (secondary N) is 2. The fourth-order valence-corrected chi connectivity index (χ4v) is 5.25. The van der Waals surface area contributed by atoms with Crippen molar-refractivity contribution in [3.8, 4) is 0 Å². The predicted octanol–water partition coefficient (Wildman–Crippen LogP) is 0.846. The number of hydrogen-bond acceptors (Lipinski definition) is 7. The van der Waals surface area contributed by atoms with Crippen molar-refractivity contribution in [3.63, 3.8) is 0 Å². The van der Waals surface area contributed by atoms with E-state index in [4.69, 9.17) is 4.74 Å². The number of carbonyl (C=O) groups is 6. The van der Waals surface area contributed by atoms with Crippen molar-refractivity contribution in [2.75, 3.05) is 27.2 Å². The first-order chi connectivity index (χ1) is 19.3. The second-order valence-corrected chi connectivity index (χ2v) is 11.4. The molecule has 2 fully saturated rings. The molecule has 2 heterocycles. The molecule has 12 nitrogen and oxygen atoms in total. The third-order valence-corrected chi connectivity index (χ3v) is 8.13. The van der Waals surface area contributed by atoms with Crippen molar-refractivity contribution < 1.29 is 33.5 Å². The molecule has 0 aromatic heterocycles. The Hall–Kier alpha value is -3.44. The van der Waals surface area contributed by atoms with Gasteiger partial charge in [0.25, 0.3) is 5.91 Å². The van der Waals surface area contributed by atoms with Gasteiger partial charge < -0.3 is 30.1 Å². The summed E-state index contributed by atoms with van der Waals surface area (Å²) in [4.78, 5) is 84.0. The molecule has 2 rings (SSSR count). The summed E-state index contributed by atoms with van der Waals surface area (Å²) in [6.45, 7) is 12.8. The first-order valence-electron chi connectivity index (χ1n) is 14.5. The van der Waals surface area contributed by atoms with Gasteiger partial charge in [-0.2, -0.15) is 0 Å². The lowest BCUT2D eigenvalue weighted by atomic mass is 9.94. The third-order valence-electron chi connectivity index (χ3n) is 8.13. The van der Waals surface area contributed by atoms with E-state index in [0.29, 0.717) is 25.8 Å². The Morgan fingerprint density at radius 3 is 2.24 bits per heavy atom. The first kappa shape index (κ1) is 33.8. The lowest BCUT2D eigenvalue weighted by molar-refractivity contribution is -0.161. The Labute approximate surface area is 243 Å². The normalized spacial score (nSPS) is 28.8. The van der Waals surface area contributed by atoms with Gasteiger partial charge in [0.05, 0.1) is 6.42 Å². The molecule has 12 heteroatoms. The van der Waals surface area contributed by atoms with E-state index in [1.165, 1.54) is 34.9 Å². The molecule has 0 bridgehead atoms. The summed E-state index contributed by atoms with van der Waals surface area (Å²) in [5.41, 5.74) is 0. The average Bonchev–Trinajstić information content (AvgIpc) is 3.43. The zero-order valence-electron chi connectivity index (χ0n) is 25.5. The SMILES string of the molecule is C=CC[C@H]1OC(=O)CCNC(=O)[C@@H](C)N(C)C(=O)[C@@H](C(C)C)N(C)C(=O)[C@H]([C@@H](C)CC)NC(=O)[C@H]2CCCN2C1=O. The third kappa shape index (κ3) is 8.07. The fraction of sp³-hybridized carbons (Fsp3) is 0.724. The van der Waals surface area contributed by atoms with Crippen LogP contribution in [0.5, 0.6) is 0 Å². The maximum atomic E-state index is 13.9. The molecule has 230 valence electrons. The Morgan fingerprint density at radius 1 is 1.00 bits per heavy atom. The van der Waals surface area contributed by atoms with Crippen LogP contribution < -0.4 is 10.6 Å². The number of hydrogen-bond donors (Lipinski definition) is 2. The summed E-state index contributed by atoms with van der Waals surface area (Å²) < 4.78 is 5.45. The Balaban J connectivity index is 2.53. The summed E-state index contributed by atoms with van der Waals surface area (Å²) in [7, 11) is 3.02. The van der Waals surface area contributed by atoms with Crippen molar-refractivity contribution in [1.82, 2.24) is 25.3 Å². The van der Waals surface area contributed by atoms with E-state index < -0.39 is 65.8 Å². The lowest BCUT2D eigenvalue weighted by Crippen LogP contribution is -2.60. The molecule has 0 spiro atoms. The van der Waals surface area contributed by atoms with Crippen molar-refractivity contribution in [2.45, 2.75) is 97.0 Å². The smallest absolute Gasteiger partial charge is 0.308 e. The van der Waals surface area contributed by atoms with Gasteiger partial charge in [0.15, 0.2) is 6.10 Å². The number of amides is 5. The fourth-order valence-electron chi connectivity index (χ4n) is 5.25. The second kappa shape index (κ2) is 15.0. The van der Waals surface area contributed by atoms with Gasteiger partial charge in [0.2, 0.25) is 23.6 Å². The number of rotatable bonds is 5. The molecule has 2 saturated heterocycles. The number of esters is 1. The molecule has 2 aliphatic rings. The summed E-state index contributed by atoms with van der Waals surface area (Å²) in [5.74, 6) is -3.58. The van der Waals surface area contributed by atoms with E-state index in [2.05, 4.69) is 17.2 Å². The first-order valence-corrected chi connectivity index (χ1v) is 14.5. The molecule has 0 unspecified atom stereocenters. The molecule has 0 saturated carbocycles. The van der Waals surface area contributed by atoms with Crippen LogP contribution in [0.4, 0.5) is 0 Å². The maximum Gasteiger partial charge on any atom is 0.308 e. The largest absolute Gasteiger partial charge is 0.452 e. The Morgan fingerprint density at radius 2 is 1.66 bits per heavy atom. The van der Waals surface area contributed by atoms with Crippen LogP contribution in [-0.4, -0.2) is 108 Å². The number of fused-ring (bicyclic) bond motifs is 1. The van der Waals surface area contributed by atoms with Crippen molar-refractivity contribution in [2.24, 2.45) is 11.8 Å². The molecule has 0 radical (unpaired) electrons. The summed E-state index contributed by atoms with van der Waals surface area (Å²) in [6.07, 6.45) is 1.70. The lowest BCUT2D eigenvalue weighted by Gasteiger charge is -2.38. The molecule has 6 atom stereocenters. The predicted molar refractivity (Wildman–Crippen MR) is 152 cm³/mol. The molecule has 2 aliphatic heterocycles. The zero-order chi connectivity index (χ0) is 31.0. The van der Waals surface area contributed by atoms with Crippen LogP contribution in [0.15, 0.2) is 12.7 Å². The highest BCUT2D eigenvalue weighted by molar-refractivity contribution is 5.96. The summed E-state index contributed by atoms with van der Waals surface area (Å²) in [6, 6.07) is -3.57. The Kier molecular flexibility index (Phi) is 12.3. The quantitative estimate of drug-likeness (QED) is 0.364. The molecule has 0 aromatic carbocycles. The van der Waals surface area contributed by atoms with E-state index in [0.717, 1.165) is 0 Å². The number of ether oxygens (including phenoxy) is 1. The number of cyclic esters (lactones) is 1. The van der Waals surface area contributed by atoms with Crippen molar-refractivity contribution in [1.29, 1.82) is 0 Å². The minimum atomic E-state index is -1.17. The molecule has 0 aromatic rings. The standard InChI is InChI=1S/C29H47N5O7/c1-9-12-21-27(38)34-16-11-13-20(34)26(37)31-23(18(5)10-2)28(39)33(8)24(17(3)4)29(40)32(7)19(6)25(36)30-15-14-22(35)41-21/h9,17-21,23-24H,1,10-16H2,2-8H3,(H,30,36)(H,31,37)/t18-,19+,20+,21+,23-,24+/m0/s1. The van der Waals surface area contributed by atoms with Gasteiger partial charge in [0, 0.05) is 33.6 Å². The number of carbonyl (C=O) groups excluding carboxylic acids is 6. The van der Waals surface area contributed by atoms with Crippen LogP contribution >= 0.6 is 0 Å². The number of likely N-dealkylation sites (N-methyl/N-ethyl adjacent to an activating group) is 2. The van der Waals surface area contributed by atoms with Gasteiger partial charge in [-0.25, -0.2) is 0 Å². The topological polar surface area (TPSA) is 145 Å². The van der Waals surface area contributed by atoms with E-state index >= 15 is 0 Å². The van der Waals surface area contributed by atoms with Crippen LogP contribution in [0, 0.1) is 11.8 Å². The molecular weight excluding hydrogens is 530 g/mol. The van der Waals surface area contributed by atoms with Crippen LogP contribution in [0.1, 0.15) is 66.7 Å². The van der Waals surface area contributed by atoms with Gasteiger partial charge in [-0.15, -0.1) is 6.58 Å². The molecule has 41 heavy (non-hydrogen) atoms. The molecular formula is C29H47N5O7. The highest BCUT2D eigenvalue weighted by Crippen LogP contribution is 2.23. The van der Waals surface area contributed by atoms with Gasteiger partial charge >= 0.3 is 5.97 Å². The van der Waals surface area contributed by atoms with E-state index in [9.17, 15) is 28.8 Å². The monoisotopic (exact) mass is 577 g/mol. The van der Waals surface area contributed by atoms with Crippen LogP contribution in [0.3, 0.4) is 0 Å². The van der Waals surface area contributed by atoms with Crippen LogP contribution in [0.2, 0.25) is 0 Å². The maximum absolute atomic E-state index is 13.9. The highest BCUT2D eigenvalue weighted by atomic mass is 16.5. The van der Waals surface area contributed by atoms with Gasteiger partial charge in [-0.05, 0) is 31.6 Å². The molecule has 5 amide bonds. The van der Waals surface area contributed by atoms with Crippen molar-refractivity contribution in [3.05, 3.63) is 12.7 Å². The minimum absolute atomic E-state index is 0.0566. The van der Waals surface area contributed by atoms with Crippen LogP contribution in [0.25, 0.3) is 0 Å². The van der Waals surface area contributed by atoms with Gasteiger partial charge in [-0.3, -0.25) is 28.8 Å².